The van der Waals surface area contributed by atoms with Crippen molar-refractivity contribution in [2.75, 3.05) is 36.5 Å². The zero-order valence-electron chi connectivity index (χ0n) is 14.6. The second kappa shape index (κ2) is 7.18. The molecule has 1 aliphatic heterocycles. The highest BCUT2D eigenvalue weighted by Gasteiger charge is 2.24. The first kappa shape index (κ1) is 16.6. The molecule has 1 amide bonds. The first-order chi connectivity index (χ1) is 12.2. The molecule has 4 nitrogen and oxygen atoms in total. The van der Waals surface area contributed by atoms with E-state index in [0.717, 1.165) is 62.0 Å². The molecule has 1 unspecified atom stereocenters. The second-order valence-corrected chi connectivity index (χ2v) is 7.93. The lowest BCUT2D eigenvalue weighted by Crippen LogP contribution is -2.36. The number of ether oxygens (including phenoxy) is 1. The number of benzene rings is 1. The van der Waals surface area contributed by atoms with Gasteiger partial charge in [-0.15, -0.1) is 11.3 Å². The summed E-state index contributed by atoms with van der Waals surface area (Å²) in [7, 11) is 0. The first-order valence-corrected chi connectivity index (χ1v) is 9.92. The third kappa shape index (κ3) is 3.44. The SMILES string of the molecule is CC1CCc2c(C(=O)Nc3ccccc3N3CCOCC3)csc2C1. The number of nitrogens with zero attached hydrogens (tertiary/aromatic N) is 1. The van der Waals surface area contributed by atoms with Crippen LogP contribution in [0.1, 0.15) is 34.1 Å². The van der Waals surface area contributed by atoms with Gasteiger partial charge in [-0.3, -0.25) is 4.79 Å². The Bertz CT molecular complexity index is 765. The number of morpholine rings is 1. The normalized spacial score (nSPS) is 20.2. The van der Waals surface area contributed by atoms with E-state index in [1.54, 1.807) is 11.3 Å². The second-order valence-electron chi connectivity index (χ2n) is 6.97. The molecule has 2 aromatic rings. The standard InChI is InChI=1S/C20H24N2O2S/c1-14-6-7-15-16(13-25-19(15)12-14)20(23)21-17-4-2-3-5-18(17)22-8-10-24-11-9-22/h2-5,13-14H,6-12H2,1H3,(H,21,23). The van der Waals surface area contributed by atoms with Gasteiger partial charge in [0.05, 0.1) is 30.2 Å². The molecule has 1 atom stereocenters. The molecule has 4 rings (SSSR count). The predicted octanol–water partition coefficient (Wildman–Crippen LogP) is 3.96. The van der Waals surface area contributed by atoms with Crippen molar-refractivity contribution in [3.05, 3.63) is 45.6 Å². The lowest BCUT2D eigenvalue weighted by Gasteiger charge is -2.30. The molecular weight excluding hydrogens is 332 g/mol. The molecule has 1 N–H and O–H groups in total. The lowest BCUT2D eigenvalue weighted by atomic mass is 9.88. The summed E-state index contributed by atoms with van der Waals surface area (Å²) in [6, 6.07) is 8.06. The van der Waals surface area contributed by atoms with Crippen molar-refractivity contribution in [1.82, 2.24) is 0 Å². The Morgan fingerprint density at radius 2 is 2.08 bits per heavy atom. The molecule has 2 heterocycles. The van der Waals surface area contributed by atoms with Crippen LogP contribution in [-0.4, -0.2) is 32.2 Å². The zero-order chi connectivity index (χ0) is 17.2. The van der Waals surface area contributed by atoms with Crippen molar-refractivity contribution in [3.63, 3.8) is 0 Å². The van der Waals surface area contributed by atoms with E-state index in [1.165, 1.54) is 16.9 Å². The minimum Gasteiger partial charge on any atom is -0.378 e. The zero-order valence-corrected chi connectivity index (χ0v) is 15.4. The maximum Gasteiger partial charge on any atom is 0.256 e. The number of thiophene rings is 1. The fourth-order valence-corrected chi connectivity index (χ4v) is 4.96. The highest BCUT2D eigenvalue weighted by Crippen LogP contribution is 2.34. The van der Waals surface area contributed by atoms with Gasteiger partial charge in [0.1, 0.15) is 0 Å². The monoisotopic (exact) mass is 356 g/mol. The van der Waals surface area contributed by atoms with Crippen molar-refractivity contribution in [3.8, 4) is 0 Å². The number of amides is 1. The maximum absolute atomic E-state index is 12.9. The topological polar surface area (TPSA) is 41.6 Å². The number of carbonyl (C=O) groups excluding carboxylic acids is 1. The van der Waals surface area contributed by atoms with E-state index in [0.29, 0.717) is 0 Å². The van der Waals surface area contributed by atoms with Gasteiger partial charge in [0, 0.05) is 23.3 Å². The smallest absolute Gasteiger partial charge is 0.256 e. The number of rotatable bonds is 3. The molecule has 2 aliphatic rings. The number of hydrogen-bond donors (Lipinski definition) is 1. The summed E-state index contributed by atoms with van der Waals surface area (Å²) >= 11 is 1.74. The Hall–Kier alpha value is -1.85. The summed E-state index contributed by atoms with van der Waals surface area (Å²) in [4.78, 5) is 16.6. The van der Waals surface area contributed by atoms with Crippen LogP contribution in [0.25, 0.3) is 0 Å². The quantitative estimate of drug-likeness (QED) is 0.905. The largest absolute Gasteiger partial charge is 0.378 e. The van der Waals surface area contributed by atoms with Crippen LogP contribution in [-0.2, 0) is 17.6 Å². The number of hydrogen-bond acceptors (Lipinski definition) is 4. The Morgan fingerprint density at radius 3 is 2.92 bits per heavy atom. The van der Waals surface area contributed by atoms with Crippen LogP contribution < -0.4 is 10.2 Å². The number of para-hydroxylation sites is 2. The van der Waals surface area contributed by atoms with Crippen molar-refractivity contribution in [2.24, 2.45) is 5.92 Å². The minimum absolute atomic E-state index is 0.0211. The van der Waals surface area contributed by atoms with Crippen LogP contribution in [0.5, 0.6) is 0 Å². The van der Waals surface area contributed by atoms with Gasteiger partial charge in [-0.2, -0.15) is 0 Å². The third-order valence-corrected chi connectivity index (χ3v) is 6.20. The first-order valence-electron chi connectivity index (χ1n) is 9.04. The molecule has 1 aromatic carbocycles. The Morgan fingerprint density at radius 1 is 1.28 bits per heavy atom. The minimum atomic E-state index is 0.0211. The number of nitrogens with one attached hydrogen (secondary N) is 1. The van der Waals surface area contributed by atoms with Crippen LogP contribution in [0, 0.1) is 5.92 Å². The highest BCUT2D eigenvalue weighted by atomic mass is 32.1. The van der Waals surface area contributed by atoms with Crippen molar-refractivity contribution in [1.29, 1.82) is 0 Å². The molecule has 0 radical (unpaired) electrons. The van der Waals surface area contributed by atoms with E-state index in [1.807, 2.05) is 23.6 Å². The van der Waals surface area contributed by atoms with Gasteiger partial charge in [-0.05, 0) is 42.9 Å². The molecule has 0 spiro atoms. The van der Waals surface area contributed by atoms with Crippen molar-refractivity contribution < 1.29 is 9.53 Å². The molecule has 0 saturated carbocycles. The average Bonchev–Trinajstić information content (AvgIpc) is 3.06. The van der Waals surface area contributed by atoms with E-state index in [9.17, 15) is 4.79 Å². The van der Waals surface area contributed by atoms with Gasteiger partial charge in [0.25, 0.3) is 5.91 Å². The van der Waals surface area contributed by atoms with Crippen LogP contribution in [0.15, 0.2) is 29.6 Å². The van der Waals surface area contributed by atoms with Crippen LogP contribution in [0.3, 0.4) is 0 Å². The maximum atomic E-state index is 12.9. The Kier molecular flexibility index (Phi) is 4.77. The van der Waals surface area contributed by atoms with Crippen LogP contribution in [0.4, 0.5) is 11.4 Å². The molecule has 1 aliphatic carbocycles. The van der Waals surface area contributed by atoms with Crippen LogP contribution >= 0.6 is 11.3 Å². The molecule has 1 fully saturated rings. The van der Waals surface area contributed by atoms with E-state index in [4.69, 9.17) is 4.74 Å². The number of anilines is 2. The van der Waals surface area contributed by atoms with E-state index >= 15 is 0 Å². The Labute approximate surface area is 152 Å². The van der Waals surface area contributed by atoms with Crippen molar-refractivity contribution in [2.45, 2.75) is 26.2 Å². The summed E-state index contributed by atoms with van der Waals surface area (Å²) in [5.41, 5.74) is 4.10. The summed E-state index contributed by atoms with van der Waals surface area (Å²) in [5.74, 6) is 0.747. The van der Waals surface area contributed by atoms with E-state index < -0.39 is 0 Å². The third-order valence-electron chi connectivity index (χ3n) is 5.15. The summed E-state index contributed by atoms with van der Waals surface area (Å²) in [5, 5.41) is 5.19. The Balaban J connectivity index is 1.56. The lowest BCUT2D eigenvalue weighted by molar-refractivity contribution is 0.102. The predicted molar refractivity (Wildman–Crippen MR) is 103 cm³/mol. The highest BCUT2D eigenvalue weighted by molar-refractivity contribution is 7.10. The van der Waals surface area contributed by atoms with E-state index in [2.05, 4.69) is 23.2 Å². The summed E-state index contributed by atoms with van der Waals surface area (Å²) < 4.78 is 5.44. The van der Waals surface area contributed by atoms with Gasteiger partial charge in [-0.1, -0.05) is 19.1 Å². The molecule has 5 heteroatoms. The summed E-state index contributed by atoms with van der Waals surface area (Å²) in [6.07, 6.45) is 3.31. The molecule has 1 aromatic heterocycles. The summed E-state index contributed by atoms with van der Waals surface area (Å²) in [6.45, 7) is 5.48. The average molecular weight is 356 g/mol. The van der Waals surface area contributed by atoms with Crippen LogP contribution in [0.2, 0.25) is 0 Å². The molecular formula is C20H24N2O2S. The molecule has 132 valence electrons. The van der Waals surface area contributed by atoms with E-state index in [-0.39, 0.29) is 5.91 Å². The molecule has 1 saturated heterocycles. The van der Waals surface area contributed by atoms with Gasteiger partial charge in [0.2, 0.25) is 0 Å². The van der Waals surface area contributed by atoms with Crippen molar-refractivity contribution >= 4 is 28.6 Å². The number of fused-ring (bicyclic) bond motifs is 1. The van der Waals surface area contributed by atoms with Gasteiger partial charge in [-0.25, -0.2) is 0 Å². The van der Waals surface area contributed by atoms with Gasteiger partial charge in [0.15, 0.2) is 0 Å². The fraction of sp³-hybridized carbons (Fsp3) is 0.450. The van der Waals surface area contributed by atoms with Gasteiger partial charge >= 0.3 is 0 Å². The fourth-order valence-electron chi connectivity index (χ4n) is 3.72. The van der Waals surface area contributed by atoms with Gasteiger partial charge < -0.3 is 15.0 Å². The number of carbonyl (C=O) groups is 1. The molecule has 0 bridgehead atoms. The molecule has 25 heavy (non-hydrogen) atoms.